The summed E-state index contributed by atoms with van der Waals surface area (Å²) in [4.78, 5) is 24.8. The molecule has 4 aromatic heterocycles. The molecule has 0 unspecified atom stereocenters. The summed E-state index contributed by atoms with van der Waals surface area (Å²) in [5, 5.41) is 0.950. The first kappa shape index (κ1) is 38.2. The lowest BCUT2D eigenvalue weighted by atomic mass is 9.74. The van der Waals surface area contributed by atoms with Crippen LogP contribution in [-0.4, -0.2) is 44.0 Å². The third-order valence-corrected chi connectivity index (χ3v) is 11.2. The summed E-state index contributed by atoms with van der Waals surface area (Å²) < 4.78 is 9.64. The maximum Gasteiger partial charge on any atom is 0.305 e. The molecule has 0 bridgehead atoms. The van der Waals surface area contributed by atoms with E-state index in [-0.39, 0.29) is 0 Å². The molecule has 58 heavy (non-hydrogen) atoms. The molecule has 282 valence electrons. The highest BCUT2D eigenvalue weighted by atomic mass is 32.1. The van der Waals surface area contributed by atoms with Gasteiger partial charge in [-0.05, 0) is 79.5 Å². The summed E-state index contributed by atoms with van der Waals surface area (Å²) in [6.45, 7) is 14.5. The van der Waals surface area contributed by atoms with Crippen molar-refractivity contribution in [2.45, 2.75) is 34.4 Å². The highest BCUT2D eigenvalue weighted by molar-refractivity contribution is 7.21. The molecule has 7 nitrogen and oxygen atoms in total. The lowest BCUT2D eigenvalue weighted by molar-refractivity contribution is 0.554. The van der Waals surface area contributed by atoms with Crippen LogP contribution in [0.4, 0.5) is 0 Å². The molecule has 0 aliphatic carbocycles. The van der Waals surface area contributed by atoms with Gasteiger partial charge < -0.3 is 4.42 Å². The summed E-state index contributed by atoms with van der Waals surface area (Å²) in [6, 6.07) is 35.6. The Morgan fingerprint density at radius 1 is 0.724 bits per heavy atom. The van der Waals surface area contributed by atoms with Crippen LogP contribution in [0.25, 0.3) is 84.8 Å². The van der Waals surface area contributed by atoms with E-state index in [1.165, 1.54) is 0 Å². The second-order valence-corrected chi connectivity index (χ2v) is 15.0. The highest BCUT2D eigenvalue weighted by Crippen LogP contribution is 2.35. The summed E-state index contributed by atoms with van der Waals surface area (Å²) in [5.41, 5.74) is 13.2. The van der Waals surface area contributed by atoms with Crippen molar-refractivity contribution in [2.75, 3.05) is 0 Å². The minimum atomic E-state index is 0.592. The van der Waals surface area contributed by atoms with E-state index in [0.29, 0.717) is 23.5 Å². The molecule has 0 aliphatic heterocycles. The van der Waals surface area contributed by atoms with Gasteiger partial charge in [-0.2, -0.15) is 4.98 Å². The van der Waals surface area contributed by atoms with E-state index < -0.39 is 0 Å². The molecule has 0 radical (unpaired) electrons. The predicted molar refractivity (Wildman–Crippen MR) is 248 cm³/mol. The summed E-state index contributed by atoms with van der Waals surface area (Å²) in [6.07, 6.45) is 12.2. The average molecular weight is 773 g/mol. The standard InChI is InChI=1S/C48H42B2N6OS/c1-7-9-24-37-31(4)56(48-52-39(17-8-2)43(50-6)57-48)42(49-5)38(37)27-30(3)34-22-16-23-36(28-34)47-51-40-29-35(25-26-41(40)58-47)46-54-44(32-18-12-10-13-19-32)53-45(55-46)33-20-14-11-15-21-33/h7-29,49-50H,1H2,2-6H3/b17-8-,24-9-,30-27+. The summed E-state index contributed by atoms with van der Waals surface area (Å²) >= 11 is 1.68. The highest BCUT2D eigenvalue weighted by Gasteiger charge is 2.23. The van der Waals surface area contributed by atoms with Gasteiger partial charge in [-0.1, -0.05) is 123 Å². The normalized spacial score (nSPS) is 11.9. The molecular formula is C48H42B2N6OS. The maximum atomic E-state index is 6.38. The first-order chi connectivity index (χ1) is 28.4. The van der Waals surface area contributed by atoms with Crippen molar-refractivity contribution in [3.63, 3.8) is 0 Å². The molecule has 0 atom stereocenters. The number of hydrogen-bond donors (Lipinski definition) is 0. The monoisotopic (exact) mass is 772 g/mol. The van der Waals surface area contributed by atoms with Gasteiger partial charge in [0.15, 0.2) is 24.8 Å². The zero-order valence-corrected chi connectivity index (χ0v) is 34.2. The SMILES string of the molecule is C=C/C=C\c1c(/C=C(\C)c2cccc(-c3nc4cc(-c5nc(-c6ccccc6)nc(-c6ccccc6)n5)ccc4s3)c2)c(BC)n(-c2nc(/C=C\C)c(BC)o2)c1C. The van der Waals surface area contributed by atoms with E-state index in [2.05, 4.69) is 93.3 Å². The summed E-state index contributed by atoms with van der Waals surface area (Å²) in [5.74, 6) is 1.87. The molecule has 4 heterocycles. The zero-order valence-electron chi connectivity index (χ0n) is 33.4. The van der Waals surface area contributed by atoms with Crippen LogP contribution in [0.5, 0.6) is 0 Å². The number of aromatic nitrogens is 6. The van der Waals surface area contributed by atoms with Crippen molar-refractivity contribution in [3.05, 3.63) is 156 Å². The Bertz CT molecular complexity index is 2810. The third-order valence-electron chi connectivity index (χ3n) is 10.2. The van der Waals surface area contributed by atoms with Gasteiger partial charge in [-0.25, -0.2) is 19.9 Å². The molecule has 4 aromatic carbocycles. The molecule has 0 amide bonds. The lowest BCUT2D eigenvalue weighted by Gasteiger charge is -2.08. The molecule has 0 aliphatic rings. The van der Waals surface area contributed by atoms with Crippen LogP contribution >= 0.6 is 11.3 Å². The second-order valence-electron chi connectivity index (χ2n) is 13.9. The fourth-order valence-electron chi connectivity index (χ4n) is 7.25. The number of benzene rings is 4. The molecule has 0 N–H and O–H groups in total. The number of allylic oxidation sites excluding steroid dienone is 4. The van der Waals surface area contributed by atoms with Crippen molar-refractivity contribution in [2.24, 2.45) is 0 Å². The molecular weight excluding hydrogens is 730 g/mol. The van der Waals surface area contributed by atoms with Crippen LogP contribution in [0.2, 0.25) is 13.6 Å². The number of rotatable bonds is 12. The average Bonchev–Trinajstić information content (AvgIpc) is 3.96. The molecule has 0 fully saturated rings. The van der Waals surface area contributed by atoms with Crippen LogP contribution in [0.15, 0.2) is 132 Å². The topological polar surface area (TPSA) is 82.5 Å². The van der Waals surface area contributed by atoms with Gasteiger partial charge in [0, 0.05) is 33.5 Å². The van der Waals surface area contributed by atoms with E-state index in [9.17, 15) is 0 Å². The Balaban J connectivity index is 1.16. The Labute approximate surface area is 344 Å². The van der Waals surface area contributed by atoms with Gasteiger partial charge in [0.1, 0.15) is 5.01 Å². The van der Waals surface area contributed by atoms with Crippen molar-refractivity contribution in [3.8, 4) is 50.7 Å². The van der Waals surface area contributed by atoms with Crippen LogP contribution in [0.3, 0.4) is 0 Å². The van der Waals surface area contributed by atoms with E-state index in [0.717, 1.165) is 96.9 Å². The van der Waals surface area contributed by atoms with Crippen LogP contribution < -0.4 is 11.3 Å². The molecule has 10 heteroatoms. The van der Waals surface area contributed by atoms with Gasteiger partial charge >= 0.3 is 6.01 Å². The quantitative estimate of drug-likeness (QED) is 0.0909. The Morgan fingerprint density at radius 3 is 2.03 bits per heavy atom. The fraction of sp³-hybridized carbons (Fsp3) is 0.104. The fourth-order valence-corrected chi connectivity index (χ4v) is 8.19. The van der Waals surface area contributed by atoms with Crippen LogP contribution in [-0.2, 0) is 0 Å². The van der Waals surface area contributed by atoms with E-state index in [4.69, 9.17) is 29.3 Å². The number of oxazole rings is 1. The molecule has 0 spiro atoms. The van der Waals surface area contributed by atoms with Crippen molar-refractivity contribution in [1.29, 1.82) is 0 Å². The Morgan fingerprint density at radius 2 is 1.40 bits per heavy atom. The summed E-state index contributed by atoms with van der Waals surface area (Å²) in [7, 11) is 1.56. The lowest BCUT2D eigenvalue weighted by Crippen LogP contribution is -2.24. The zero-order chi connectivity index (χ0) is 40.2. The first-order valence-electron chi connectivity index (χ1n) is 19.6. The third kappa shape index (κ3) is 7.59. The van der Waals surface area contributed by atoms with Gasteiger partial charge in [0.05, 0.1) is 21.6 Å². The number of thiazole rings is 1. The van der Waals surface area contributed by atoms with E-state index in [1.807, 2.05) is 91.9 Å². The van der Waals surface area contributed by atoms with Crippen molar-refractivity contribution < 1.29 is 4.42 Å². The predicted octanol–water partition coefficient (Wildman–Crippen LogP) is 10.2. The number of fused-ring (bicyclic) bond motifs is 1. The largest absolute Gasteiger partial charge is 0.439 e. The number of hydrogen-bond acceptors (Lipinski definition) is 7. The van der Waals surface area contributed by atoms with Gasteiger partial charge in [0.25, 0.3) is 0 Å². The van der Waals surface area contributed by atoms with Crippen LogP contribution in [0, 0.1) is 6.92 Å². The van der Waals surface area contributed by atoms with Gasteiger partial charge in [0.2, 0.25) is 7.28 Å². The molecule has 0 saturated carbocycles. The number of nitrogens with zero attached hydrogens (tertiary/aromatic N) is 6. The van der Waals surface area contributed by atoms with E-state index in [1.54, 1.807) is 11.3 Å². The smallest absolute Gasteiger partial charge is 0.305 e. The second kappa shape index (κ2) is 16.8. The Kier molecular flexibility index (Phi) is 11.1. The molecule has 0 saturated heterocycles. The minimum Gasteiger partial charge on any atom is -0.439 e. The van der Waals surface area contributed by atoms with E-state index >= 15 is 0 Å². The molecule has 8 aromatic rings. The van der Waals surface area contributed by atoms with Crippen LogP contribution in [0.1, 0.15) is 41.9 Å². The van der Waals surface area contributed by atoms with Gasteiger partial charge in [-0.15, -0.1) is 11.3 Å². The minimum absolute atomic E-state index is 0.592. The first-order valence-corrected chi connectivity index (χ1v) is 20.4. The molecule has 8 rings (SSSR count). The maximum absolute atomic E-state index is 6.38. The van der Waals surface area contributed by atoms with Crippen molar-refractivity contribution in [1.82, 2.24) is 29.5 Å². The Hall–Kier alpha value is -6.64. The van der Waals surface area contributed by atoms with Crippen molar-refractivity contribution >= 4 is 71.2 Å². The van der Waals surface area contributed by atoms with Gasteiger partial charge in [-0.3, -0.25) is 4.57 Å².